The van der Waals surface area contributed by atoms with Crippen LogP contribution in [-0.2, 0) is 14.4 Å². The minimum absolute atomic E-state index is 0.446. The quantitative estimate of drug-likeness (QED) is 0.742. The van der Waals surface area contributed by atoms with E-state index >= 15 is 0 Å². The molecule has 0 radical (unpaired) electrons. The van der Waals surface area contributed by atoms with Crippen molar-refractivity contribution < 1.29 is 14.4 Å². The highest BCUT2D eigenvalue weighted by atomic mass is 32.1. The van der Waals surface area contributed by atoms with E-state index in [1.54, 1.807) is 17.4 Å². The number of anilines is 1. The van der Waals surface area contributed by atoms with Crippen LogP contribution in [0.2, 0.25) is 0 Å². The molecule has 4 nitrogen and oxygen atoms in total. The van der Waals surface area contributed by atoms with Crippen LogP contribution in [0.3, 0.4) is 0 Å². The maximum atomic E-state index is 12.2. The van der Waals surface area contributed by atoms with E-state index < -0.39 is 23.4 Å². The fourth-order valence-electron chi connectivity index (χ4n) is 2.67. The van der Waals surface area contributed by atoms with Crippen molar-refractivity contribution in [2.24, 2.45) is 5.92 Å². The summed E-state index contributed by atoms with van der Waals surface area (Å²) >= 11 is 1.64. The first-order valence-electron chi connectivity index (χ1n) is 7.20. The Morgan fingerprint density at radius 3 is 2.26 bits per heavy atom. The SMILES string of the molecule is CC(=O)C(C(C)=O)C(=O)Nc1ccc2c(c1)sc1ccccc12. The molecule has 3 rings (SSSR count). The smallest absolute Gasteiger partial charge is 0.242 e. The van der Waals surface area contributed by atoms with Gasteiger partial charge in [0.1, 0.15) is 11.6 Å². The Bertz CT molecular complexity index is 928. The molecule has 2 aromatic carbocycles. The van der Waals surface area contributed by atoms with Crippen LogP contribution in [0.15, 0.2) is 42.5 Å². The summed E-state index contributed by atoms with van der Waals surface area (Å²) < 4.78 is 2.22. The van der Waals surface area contributed by atoms with Crippen molar-refractivity contribution in [3.05, 3.63) is 42.5 Å². The van der Waals surface area contributed by atoms with Crippen LogP contribution in [-0.4, -0.2) is 17.5 Å². The summed E-state index contributed by atoms with van der Waals surface area (Å²) in [6.07, 6.45) is 0. The summed E-state index contributed by atoms with van der Waals surface area (Å²) in [7, 11) is 0. The van der Waals surface area contributed by atoms with Gasteiger partial charge in [-0.15, -0.1) is 11.3 Å². The molecule has 0 aliphatic carbocycles. The van der Waals surface area contributed by atoms with E-state index in [0.29, 0.717) is 5.69 Å². The molecule has 5 heteroatoms. The molecule has 0 saturated carbocycles. The Hall–Kier alpha value is -2.53. The molecule has 3 aromatic rings. The van der Waals surface area contributed by atoms with Crippen molar-refractivity contribution in [2.45, 2.75) is 13.8 Å². The molecule has 1 amide bonds. The van der Waals surface area contributed by atoms with Crippen molar-refractivity contribution in [3.63, 3.8) is 0 Å². The lowest BCUT2D eigenvalue weighted by molar-refractivity contribution is -0.136. The number of benzene rings is 2. The Balaban J connectivity index is 1.94. The number of nitrogens with one attached hydrogen (secondary N) is 1. The van der Waals surface area contributed by atoms with E-state index in [1.165, 1.54) is 23.9 Å². The normalized spacial score (nSPS) is 11.1. The molecule has 116 valence electrons. The molecule has 0 bridgehead atoms. The largest absolute Gasteiger partial charge is 0.325 e. The molecule has 0 spiro atoms. The summed E-state index contributed by atoms with van der Waals surface area (Å²) in [4.78, 5) is 35.1. The molecule has 1 heterocycles. The molecule has 0 fully saturated rings. The number of amides is 1. The number of fused-ring (bicyclic) bond motifs is 3. The zero-order chi connectivity index (χ0) is 16.6. The second-order valence-electron chi connectivity index (χ2n) is 5.45. The third-order valence-corrected chi connectivity index (χ3v) is 4.86. The van der Waals surface area contributed by atoms with Gasteiger partial charge in [0.15, 0.2) is 5.92 Å². The van der Waals surface area contributed by atoms with Crippen LogP contribution in [0, 0.1) is 5.92 Å². The van der Waals surface area contributed by atoms with Gasteiger partial charge in [-0.05, 0) is 32.0 Å². The molecule has 0 unspecified atom stereocenters. The molecule has 1 N–H and O–H groups in total. The summed E-state index contributed by atoms with van der Waals surface area (Å²) in [5, 5.41) is 4.97. The fourth-order valence-corrected chi connectivity index (χ4v) is 3.82. The predicted molar refractivity (Wildman–Crippen MR) is 92.8 cm³/mol. The fraction of sp³-hybridized carbons (Fsp3) is 0.167. The Morgan fingerprint density at radius 2 is 1.57 bits per heavy atom. The zero-order valence-electron chi connectivity index (χ0n) is 12.8. The number of thiophene rings is 1. The third-order valence-electron chi connectivity index (χ3n) is 3.72. The van der Waals surface area contributed by atoms with Gasteiger partial charge in [-0.1, -0.05) is 24.3 Å². The van der Waals surface area contributed by atoms with E-state index in [1.807, 2.05) is 24.3 Å². The minimum Gasteiger partial charge on any atom is -0.325 e. The van der Waals surface area contributed by atoms with Crippen molar-refractivity contribution in [1.82, 2.24) is 0 Å². The first-order chi connectivity index (χ1) is 11.0. The second-order valence-corrected chi connectivity index (χ2v) is 6.54. The highest BCUT2D eigenvalue weighted by Crippen LogP contribution is 2.35. The van der Waals surface area contributed by atoms with Gasteiger partial charge in [-0.25, -0.2) is 0 Å². The lowest BCUT2D eigenvalue weighted by atomic mass is 10.00. The van der Waals surface area contributed by atoms with E-state index in [2.05, 4.69) is 17.4 Å². The summed E-state index contributed by atoms with van der Waals surface area (Å²) in [5.41, 5.74) is 0.585. The predicted octanol–water partition coefficient (Wildman–Crippen LogP) is 3.79. The highest BCUT2D eigenvalue weighted by Gasteiger charge is 2.28. The van der Waals surface area contributed by atoms with Crippen LogP contribution in [0.25, 0.3) is 20.2 Å². The lowest BCUT2D eigenvalue weighted by Gasteiger charge is -2.11. The van der Waals surface area contributed by atoms with Gasteiger partial charge in [0.25, 0.3) is 0 Å². The number of rotatable bonds is 4. The summed E-state index contributed by atoms with van der Waals surface area (Å²) in [6.45, 7) is 2.50. The second kappa shape index (κ2) is 5.93. The number of carbonyl (C=O) groups excluding carboxylic acids is 3. The average molecular weight is 325 g/mol. The van der Waals surface area contributed by atoms with Gasteiger partial charge >= 0.3 is 0 Å². The van der Waals surface area contributed by atoms with Crippen molar-refractivity contribution >= 4 is 54.7 Å². The number of hydrogen-bond donors (Lipinski definition) is 1. The molecule has 1 aromatic heterocycles. The molecule has 0 aliphatic rings. The zero-order valence-corrected chi connectivity index (χ0v) is 13.6. The van der Waals surface area contributed by atoms with Crippen molar-refractivity contribution in [2.75, 3.05) is 5.32 Å². The first kappa shape index (κ1) is 15.4. The molecule has 23 heavy (non-hydrogen) atoms. The maximum absolute atomic E-state index is 12.2. The van der Waals surface area contributed by atoms with E-state index in [0.717, 1.165) is 10.1 Å². The Kier molecular flexibility index (Phi) is 3.96. The van der Waals surface area contributed by atoms with Gasteiger partial charge in [0.2, 0.25) is 5.91 Å². The van der Waals surface area contributed by atoms with Gasteiger partial charge in [0, 0.05) is 25.9 Å². The lowest BCUT2D eigenvalue weighted by Crippen LogP contribution is -2.33. The third kappa shape index (κ3) is 2.87. The van der Waals surface area contributed by atoms with Gasteiger partial charge < -0.3 is 5.32 Å². The molecular formula is C18H15NO3S. The number of carbonyl (C=O) groups is 3. The van der Waals surface area contributed by atoms with E-state index in [-0.39, 0.29) is 0 Å². The first-order valence-corrected chi connectivity index (χ1v) is 8.02. The molecule has 0 aliphatic heterocycles. The standard InChI is InChI=1S/C18H15NO3S/c1-10(20)17(11(2)21)18(22)19-12-7-8-14-13-5-3-4-6-15(13)23-16(14)9-12/h3-9,17H,1-2H3,(H,19,22). The Morgan fingerprint density at radius 1 is 0.913 bits per heavy atom. The summed E-state index contributed by atoms with van der Waals surface area (Å²) in [6, 6.07) is 13.7. The van der Waals surface area contributed by atoms with Crippen molar-refractivity contribution in [1.29, 1.82) is 0 Å². The molecular weight excluding hydrogens is 310 g/mol. The van der Waals surface area contributed by atoms with E-state index in [9.17, 15) is 14.4 Å². The van der Waals surface area contributed by atoms with E-state index in [4.69, 9.17) is 0 Å². The average Bonchev–Trinajstić information content (AvgIpc) is 2.83. The summed E-state index contributed by atoms with van der Waals surface area (Å²) in [5.74, 6) is -2.71. The van der Waals surface area contributed by atoms with Crippen LogP contribution in [0.5, 0.6) is 0 Å². The van der Waals surface area contributed by atoms with Crippen LogP contribution >= 0.6 is 11.3 Å². The van der Waals surface area contributed by atoms with Crippen molar-refractivity contribution in [3.8, 4) is 0 Å². The Labute approximate surface area is 137 Å². The number of ketones is 2. The topological polar surface area (TPSA) is 63.2 Å². The van der Waals surface area contributed by atoms with Gasteiger partial charge in [-0.3, -0.25) is 14.4 Å². The molecule has 0 atom stereocenters. The maximum Gasteiger partial charge on any atom is 0.242 e. The van der Waals surface area contributed by atoms with Crippen LogP contribution < -0.4 is 5.32 Å². The number of Topliss-reactive ketones (excluding diaryl/α,β-unsaturated/α-hetero) is 2. The minimum atomic E-state index is -1.24. The highest BCUT2D eigenvalue weighted by molar-refractivity contribution is 7.25. The van der Waals surface area contributed by atoms with Gasteiger partial charge in [0.05, 0.1) is 0 Å². The molecule has 0 saturated heterocycles. The van der Waals surface area contributed by atoms with Crippen LogP contribution in [0.1, 0.15) is 13.8 Å². The monoisotopic (exact) mass is 325 g/mol. The van der Waals surface area contributed by atoms with Crippen LogP contribution in [0.4, 0.5) is 5.69 Å². The van der Waals surface area contributed by atoms with Gasteiger partial charge in [-0.2, -0.15) is 0 Å². The number of hydrogen-bond acceptors (Lipinski definition) is 4.